The Balaban J connectivity index is 2.28. The van der Waals surface area contributed by atoms with E-state index < -0.39 is 7.28 Å². The first-order valence-corrected chi connectivity index (χ1v) is 9.46. The van der Waals surface area contributed by atoms with Gasteiger partial charge < -0.3 is 0 Å². The minimum absolute atomic E-state index is 0.125. The second kappa shape index (κ2) is 5.55. The molecule has 0 aliphatic heterocycles. The number of aryl methyl sites for hydroxylation is 1. The number of rotatable bonds is 3. The summed E-state index contributed by atoms with van der Waals surface area (Å²) >= 11 is 0. The number of hydrogen-bond donors (Lipinski definition) is 3. The Bertz CT molecular complexity index is 836. The van der Waals surface area contributed by atoms with Gasteiger partial charge in [-0.2, -0.15) is 0 Å². The van der Waals surface area contributed by atoms with Crippen LogP contribution in [-0.2, 0) is 0 Å². The molecule has 3 rings (SSSR count). The zero-order chi connectivity index (χ0) is 16.5. The molecule has 0 bridgehead atoms. The average molecular weight is 326 g/mol. The van der Waals surface area contributed by atoms with Gasteiger partial charge in [0.1, 0.15) is 0 Å². The van der Waals surface area contributed by atoms with Crippen molar-refractivity contribution in [1.29, 1.82) is 0 Å². The maximum atomic E-state index is 10.9. The molecule has 23 heavy (non-hydrogen) atoms. The Morgan fingerprint density at radius 2 is 1.13 bits per heavy atom. The second-order valence-electron chi connectivity index (χ2n) is 5.65. The van der Waals surface area contributed by atoms with Crippen molar-refractivity contribution in [2.45, 2.75) is 6.92 Å². The van der Waals surface area contributed by atoms with Gasteiger partial charge in [-0.25, -0.2) is 0 Å². The van der Waals surface area contributed by atoms with Crippen LogP contribution in [-0.4, -0.2) is 14.7 Å². The van der Waals surface area contributed by atoms with Crippen LogP contribution >= 0.6 is 7.28 Å². The molecule has 4 heteroatoms. The van der Waals surface area contributed by atoms with Gasteiger partial charge in [0.25, 0.3) is 0 Å². The van der Waals surface area contributed by atoms with Crippen molar-refractivity contribution in [1.82, 2.24) is 0 Å². The molecule has 3 aromatic carbocycles. The van der Waals surface area contributed by atoms with E-state index in [0.717, 1.165) is 11.1 Å². The Morgan fingerprint density at radius 3 is 1.78 bits per heavy atom. The van der Waals surface area contributed by atoms with Crippen molar-refractivity contribution in [3.63, 3.8) is 0 Å². The standard InChI is InChI=1S/C19H19O3P/c1-15-9-5-6-12-17(15)18-13-7-8-14-19(18)23(20,21,22)16-10-3-2-4-11-16/h2-14,20-22H,1H3. The van der Waals surface area contributed by atoms with Crippen LogP contribution in [0.5, 0.6) is 0 Å². The fourth-order valence-corrected chi connectivity index (χ4v) is 4.78. The van der Waals surface area contributed by atoms with Crippen LogP contribution in [0.2, 0.25) is 0 Å². The molecule has 0 radical (unpaired) electrons. The molecule has 3 nitrogen and oxygen atoms in total. The van der Waals surface area contributed by atoms with Crippen molar-refractivity contribution < 1.29 is 14.7 Å². The van der Waals surface area contributed by atoms with Gasteiger partial charge in [0.05, 0.1) is 0 Å². The van der Waals surface area contributed by atoms with E-state index in [2.05, 4.69) is 0 Å². The van der Waals surface area contributed by atoms with Gasteiger partial charge in [-0.15, -0.1) is 0 Å². The summed E-state index contributed by atoms with van der Waals surface area (Å²) in [5.74, 6) is 0. The van der Waals surface area contributed by atoms with Gasteiger partial charge in [0, 0.05) is 0 Å². The monoisotopic (exact) mass is 326 g/mol. The molecule has 0 fully saturated rings. The van der Waals surface area contributed by atoms with Crippen LogP contribution in [0.15, 0.2) is 78.9 Å². The quantitative estimate of drug-likeness (QED) is 0.649. The molecule has 118 valence electrons. The van der Waals surface area contributed by atoms with Crippen LogP contribution < -0.4 is 10.6 Å². The molecule has 0 aromatic heterocycles. The van der Waals surface area contributed by atoms with Gasteiger partial charge in [-0.1, -0.05) is 0 Å². The molecular formula is C19H19O3P. The summed E-state index contributed by atoms with van der Waals surface area (Å²) in [5.41, 5.74) is 2.49. The molecule has 0 aliphatic carbocycles. The predicted octanol–water partition coefficient (Wildman–Crippen LogP) is 2.89. The molecule has 0 heterocycles. The van der Waals surface area contributed by atoms with Crippen LogP contribution in [0.4, 0.5) is 0 Å². The predicted molar refractivity (Wildman–Crippen MR) is 95.9 cm³/mol. The zero-order valence-corrected chi connectivity index (χ0v) is 13.7. The molecule has 0 spiro atoms. The average Bonchev–Trinajstić information content (AvgIpc) is 2.56. The van der Waals surface area contributed by atoms with Crippen LogP contribution in [0.3, 0.4) is 0 Å². The Hall–Kier alpha value is -2.03. The summed E-state index contributed by atoms with van der Waals surface area (Å²) in [5, 5.41) is 0.276. The summed E-state index contributed by atoms with van der Waals surface area (Å²) in [4.78, 5) is 32.7. The number of hydrogen-bond acceptors (Lipinski definition) is 3. The van der Waals surface area contributed by atoms with E-state index in [-0.39, 0.29) is 10.6 Å². The van der Waals surface area contributed by atoms with Crippen molar-refractivity contribution >= 4 is 17.9 Å². The normalized spacial score (nSPS) is 13.3. The molecule has 3 aromatic rings. The molecule has 0 unspecified atom stereocenters. The van der Waals surface area contributed by atoms with Crippen molar-refractivity contribution in [2.75, 3.05) is 0 Å². The SMILES string of the molecule is Cc1ccccc1-c1ccccc1P(O)(O)(O)c1ccccc1. The maximum absolute atomic E-state index is 10.9. The third-order valence-electron chi connectivity index (χ3n) is 4.01. The summed E-state index contributed by atoms with van der Waals surface area (Å²) < 4.78 is 0. The van der Waals surface area contributed by atoms with Crippen molar-refractivity contribution in [2.24, 2.45) is 0 Å². The minimum atomic E-state index is -5.20. The Labute approximate surface area is 135 Å². The van der Waals surface area contributed by atoms with Crippen molar-refractivity contribution in [3.05, 3.63) is 84.4 Å². The molecule has 0 amide bonds. The Morgan fingerprint density at radius 1 is 0.609 bits per heavy atom. The van der Waals surface area contributed by atoms with E-state index >= 15 is 0 Å². The van der Waals surface area contributed by atoms with E-state index in [0.29, 0.717) is 5.56 Å². The zero-order valence-electron chi connectivity index (χ0n) is 12.8. The third-order valence-corrected chi connectivity index (χ3v) is 6.54. The van der Waals surface area contributed by atoms with E-state index in [1.807, 2.05) is 37.3 Å². The summed E-state index contributed by atoms with van der Waals surface area (Å²) in [6.07, 6.45) is 0. The molecule has 0 saturated carbocycles. The number of benzene rings is 3. The Kier molecular flexibility index (Phi) is 3.83. The van der Waals surface area contributed by atoms with E-state index in [4.69, 9.17) is 0 Å². The fourth-order valence-electron chi connectivity index (χ4n) is 2.78. The van der Waals surface area contributed by atoms with E-state index in [1.54, 1.807) is 36.4 Å². The van der Waals surface area contributed by atoms with Gasteiger partial charge in [0.15, 0.2) is 0 Å². The first-order valence-electron chi connectivity index (χ1n) is 7.36. The first-order chi connectivity index (χ1) is 10.9. The van der Waals surface area contributed by atoms with Crippen molar-refractivity contribution in [3.8, 4) is 11.1 Å². The second-order valence-corrected chi connectivity index (χ2v) is 8.61. The van der Waals surface area contributed by atoms with Crippen LogP contribution in [0, 0.1) is 6.92 Å². The van der Waals surface area contributed by atoms with E-state index in [9.17, 15) is 14.7 Å². The van der Waals surface area contributed by atoms with Crippen LogP contribution in [0.1, 0.15) is 5.56 Å². The molecule has 0 aliphatic rings. The van der Waals surface area contributed by atoms with E-state index in [1.165, 1.54) is 12.1 Å². The van der Waals surface area contributed by atoms with Gasteiger partial charge in [0.2, 0.25) is 0 Å². The summed E-state index contributed by atoms with van der Waals surface area (Å²) in [6.45, 7) is 1.95. The van der Waals surface area contributed by atoms with Crippen LogP contribution in [0.25, 0.3) is 11.1 Å². The third kappa shape index (κ3) is 2.80. The summed E-state index contributed by atoms with van der Waals surface area (Å²) in [6, 6.07) is 22.8. The fraction of sp³-hybridized carbons (Fsp3) is 0.0526. The van der Waals surface area contributed by atoms with Gasteiger partial charge in [-0.3, -0.25) is 0 Å². The molecule has 0 atom stereocenters. The van der Waals surface area contributed by atoms with Gasteiger partial charge >= 0.3 is 135 Å². The first kappa shape index (κ1) is 15.9. The summed E-state index contributed by atoms with van der Waals surface area (Å²) in [7, 11) is -5.20. The molecular weight excluding hydrogens is 307 g/mol. The molecule has 3 N–H and O–H groups in total. The van der Waals surface area contributed by atoms with Gasteiger partial charge in [-0.05, 0) is 0 Å². The topological polar surface area (TPSA) is 60.7 Å². The molecule has 0 saturated heterocycles.